The van der Waals surface area contributed by atoms with Gasteiger partial charge < -0.3 is 0 Å². The number of hydrogen-bond donors (Lipinski definition) is 0. The molecule has 0 atom stereocenters. The standard InChI is InChI=1S/C26H17F7/c1-2-3-4-13-7-19(28)23(20(29)8-13)14-5-6-17(18(27)10-14)15-9-16-12-22(31)25(32)26(33)24(16)21(30)11-15/h5-12H,2-4H2,1H3. The number of fused-ring (bicyclic) bond motifs is 1. The van der Waals surface area contributed by atoms with Crippen LogP contribution in [-0.4, -0.2) is 0 Å². The molecule has 170 valence electrons. The molecule has 0 heterocycles. The van der Waals surface area contributed by atoms with Crippen LogP contribution in [0.2, 0.25) is 0 Å². The third kappa shape index (κ3) is 4.19. The van der Waals surface area contributed by atoms with Gasteiger partial charge in [0.2, 0.25) is 0 Å². The van der Waals surface area contributed by atoms with Crippen molar-refractivity contribution in [3.8, 4) is 22.3 Å². The summed E-state index contributed by atoms with van der Waals surface area (Å²) in [5, 5.41) is -1.06. The zero-order chi connectivity index (χ0) is 23.9. The van der Waals surface area contributed by atoms with Crippen molar-refractivity contribution in [2.75, 3.05) is 0 Å². The fourth-order valence-electron chi connectivity index (χ4n) is 3.87. The van der Waals surface area contributed by atoms with Crippen LogP contribution < -0.4 is 0 Å². The molecule has 0 amide bonds. The van der Waals surface area contributed by atoms with E-state index in [1.165, 1.54) is 24.3 Å². The Hall–Kier alpha value is -3.35. The molecule has 7 heteroatoms. The van der Waals surface area contributed by atoms with E-state index in [-0.39, 0.29) is 22.1 Å². The van der Waals surface area contributed by atoms with Gasteiger partial charge in [0, 0.05) is 5.56 Å². The third-order valence-corrected chi connectivity index (χ3v) is 5.51. The molecule has 0 aliphatic rings. The minimum Gasteiger partial charge on any atom is -0.206 e. The van der Waals surface area contributed by atoms with Gasteiger partial charge in [0.25, 0.3) is 0 Å². The van der Waals surface area contributed by atoms with Gasteiger partial charge in [-0.1, -0.05) is 25.5 Å². The van der Waals surface area contributed by atoms with E-state index in [1.54, 1.807) is 0 Å². The molecule has 0 saturated carbocycles. The van der Waals surface area contributed by atoms with E-state index in [9.17, 15) is 30.7 Å². The van der Waals surface area contributed by atoms with E-state index in [0.29, 0.717) is 18.1 Å². The highest BCUT2D eigenvalue weighted by molar-refractivity contribution is 5.89. The maximum atomic E-state index is 14.9. The molecule has 4 rings (SSSR count). The molecule has 0 saturated heterocycles. The summed E-state index contributed by atoms with van der Waals surface area (Å²) in [6.45, 7) is 1.96. The van der Waals surface area contributed by atoms with Gasteiger partial charge in [0.15, 0.2) is 17.5 Å². The predicted molar refractivity (Wildman–Crippen MR) is 113 cm³/mol. The number of unbranched alkanes of at least 4 members (excludes halogenated alkanes) is 1. The Morgan fingerprint density at radius 1 is 0.606 bits per heavy atom. The van der Waals surface area contributed by atoms with E-state index in [1.807, 2.05) is 6.92 Å². The van der Waals surface area contributed by atoms with E-state index >= 15 is 0 Å². The van der Waals surface area contributed by atoms with Crippen molar-refractivity contribution < 1.29 is 30.7 Å². The molecule has 0 N–H and O–H groups in total. The minimum atomic E-state index is -1.81. The van der Waals surface area contributed by atoms with E-state index in [0.717, 1.165) is 31.0 Å². The normalized spacial score (nSPS) is 11.4. The highest BCUT2D eigenvalue weighted by Gasteiger charge is 2.20. The fourth-order valence-corrected chi connectivity index (χ4v) is 3.87. The lowest BCUT2D eigenvalue weighted by Gasteiger charge is -2.12. The van der Waals surface area contributed by atoms with Crippen molar-refractivity contribution in [1.82, 2.24) is 0 Å². The van der Waals surface area contributed by atoms with Gasteiger partial charge in [-0.15, -0.1) is 0 Å². The number of hydrogen-bond acceptors (Lipinski definition) is 0. The maximum absolute atomic E-state index is 14.9. The molecular weight excluding hydrogens is 445 g/mol. The highest BCUT2D eigenvalue weighted by atomic mass is 19.2. The first-order valence-electron chi connectivity index (χ1n) is 10.3. The zero-order valence-corrected chi connectivity index (χ0v) is 17.4. The molecule has 33 heavy (non-hydrogen) atoms. The largest absolute Gasteiger partial charge is 0.206 e. The summed E-state index contributed by atoms with van der Waals surface area (Å²) in [6, 6.07) is 8.26. The summed E-state index contributed by atoms with van der Waals surface area (Å²) in [4.78, 5) is 0. The molecule has 4 aromatic carbocycles. The van der Waals surface area contributed by atoms with Gasteiger partial charge in [-0.2, -0.15) is 0 Å². The van der Waals surface area contributed by atoms with Crippen LogP contribution in [0.3, 0.4) is 0 Å². The summed E-state index contributed by atoms with van der Waals surface area (Å²) in [5.74, 6) is -8.81. The van der Waals surface area contributed by atoms with Crippen LogP contribution >= 0.6 is 0 Å². The highest BCUT2D eigenvalue weighted by Crippen LogP contribution is 2.35. The third-order valence-electron chi connectivity index (χ3n) is 5.51. The number of benzene rings is 4. The lowest BCUT2D eigenvalue weighted by molar-refractivity contribution is 0.451. The molecule has 0 nitrogen and oxygen atoms in total. The lowest BCUT2D eigenvalue weighted by Crippen LogP contribution is -1.97. The monoisotopic (exact) mass is 462 g/mol. The molecule has 0 fully saturated rings. The van der Waals surface area contributed by atoms with Crippen molar-refractivity contribution in [2.45, 2.75) is 26.2 Å². The fraction of sp³-hybridized carbons (Fsp3) is 0.154. The van der Waals surface area contributed by atoms with Crippen molar-refractivity contribution in [3.05, 3.63) is 94.8 Å². The first-order chi connectivity index (χ1) is 15.7. The molecule has 4 aromatic rings. The van der Waals surface area contributed by atoms with E-state index < -0.39 is 51.7 Å². The Kier molecular flexibility index (Phi) is 6.15. The van der Waals surface area contributed by atoms with Crippen LogP contribution in [0.15, 0.2) is 48.5 Å². The Labute approximate surface area is 185 Å². The second kappa shape index (κ2) is 8.89. The van der Waals surface area contributed by atoms with Gasteiger partial charge in [-0.05, 0) is 71.3 Å². The maximum Gasteiger partial charge on any atom is 0.195 e. The number of halogens is 7. The number of rotatable bonds is 5. The summed E-state index contributed by atoms with van der Waals surface area (Å²) in [5.41, 5.74) is -0.204. The second-order valence-electron chi connectivity index (χ2n) is 7.78. The Balaban J connectivity index is 1.78. The quantitative estimate of drug-likeness (QED) is 0.206. The molecular formula is C26H17F7. The SMILES string of the molecule is CCCCc1cc(F)c(-c2ccc(-c3cc(F)c4c(F)c(F)c(F)cc4c3)c(F)c2)c(F)c1. The van der Waals surface area contributed by atoms with E-state index in [2.05, 4.69) is 0 Å². The van der Waals surface area contributed by atoms with Gasteiger partial charge >= 0.3 is 0 Å². The summed E-state index contributed by atoms with van der Waals surface area (Å²) in [6.07, 6.45) is 2.14. The average Bonchev–Trinajstić information content (AvgIpc) is 2.75. The van der Waals surface area contributed by atoms with Crippen LogP contribution in [0, 0.1) is 40.7 Å². The van der Waals surface area contributed by atoms with Gasteiger partial charge in [0.05, 0.1) is 10.9 Å². The Morgan fingerprint density at radius 2 is 1.27 bits per heavy atom. The second-order valence-corrected chi connectivity index (χ2v) is 7.78. The molecule has 0 bridgehead atoms. The molecule has 0 radical (unpaired) electrons. The molecule has 0 unspecified atom stereocenters. The van der Waals surface area contributed by atoms with Crippen molar-refractivity contribution in [3.63, 3.8) is 0 Å². The van der Waals surface area contributed by atoms with Gasteiger partial charge in [0.1, 0.15) is 23.3 Å². The van der Waals surface area contributed by atoms with Crippen LogP contribution in [0.25, 0.3) is 33.0 Å². The van der Waals surface area contributed by atoms with Gasteiger partial charge in [-0.3, -0.25) is 0 Å². The summed E-state index contributed by atoms with van der Waals surface area (Å²) < 4.78 is 99.6. The molecule has 0 aliphatic carbocycles. The molecule has 0 spiro atoms. The van der Waals surface area contributed by atoms with Crippen LogP contribution in [0.5, 0.6) is 0 Å². The lowest BCUT2D eigenvalue weighted by atomic mass is 9.95. The molecule has 0 aliphatic heterocycles. The summed E-state index contributed by atoms with van der Waals surface area (Å²) in [7, 11) is 0. The minimum absolute atomic E-state index is 0.0614. The summed E-state index contributed by atoms with van der Waals surface area (Å²) >= 11 is 0. The first kappa shape index (κ1) is 22.8. The molecule has 0 aromatic heterocycles. The Morgan fingerprint density at radius 3 is 1.91 bits per heavy atom. The smallest absolute Gasteiger partial charge is 0.195 e. The zero-order valence-electron chi connectivity index (χ0n) is 17.4. The van der Waals surface area contributed by atoms with Crippen LogP contribution in [-0.2, 0) is 6.42 Å². The number of aryl methyl sites for hydroxylation is 1. The van der Waals surface area contributed by atoms with Crippen molar-refractivity contribution in [2.24, 2.45) is 0 Å². The first-order valence-corrected chi connectivity index (χ1v) is 10.3. The van der Waals surface area contributed by atoms with Crippen molar-refractivity contribution in [1.29, 1.82) is 0 Å². The van der Waals surface area contributed by atoms with Crippen LogP contribution in [0.1, 0.15) is 25.3 Å². The average molecular weight is 462 g/mol. The van der Waals surface area contributed by atoms with E-state index in [4.69, 9.17) is 0 Å². The predicted octanol–water partition coefficient (Wildman–Crippen LogP) is 8.49. The topological polar surface area (TPSA) is 0 Å². The van der Waals surface area contributed by atoms with Gasteiger partial charge in [-0.25, -0.2) is 30.7 Å². The van der Waals surface area contributed by atoms with Crippen LogP contribution in [0.4, 0.5) is 30.7 Å². The van der Waals surface area contributed by atoms with Crippen molar-refractivity contribution >= 4 is 10.8 Å². The Bertz CT molecular complexity index is 1350.